The minimum Gasteiger partial charge on any atom is -0.343 e. The van der Waals surface area contributed by atoms with Crippen LogP contribution in [0.25, 0.3) is 0 Å². The van der Waals surface area contributed by atoms with Crippen molar-refractivity contribution in [3.8, 4) is 0 Å². The summed E-state index contributed by atoms with van der Waals surface area (Å²) in [7, 11) is 0. The van der Waals surface area contributed by atoms with Gasteiger partial charge in [-0.1, -0.05) is 18.2 Å². The highest BCUT2D eigenvalue weighted by molar-refractivity contribution is 6.07. The monoisotopic (exact) mass is 451 g/mol. The number of benzene rings is 1. The van der Waals surface area contributed by atoms with E-state index in [1.807, 2.05) is 25.2 Å². The van der Waals surface area contributed by atoms with Crippen LogP contribution in [0.4, 0.5) is 4.39 Å². The maximum absolute atomic E-state index is 14.9. The van der Waals surface area contributed by atoms with Crippen molar-refractivity contribution in [3.05, 3.63) is 58.4 Å². The van der Waals surface area contributed by atoms with Crippen LogP contribution >= 0.6 is 0 Å². The Balaban J connectivity index is 1.49. The molecule has 1 amide bonds. The Morgan fingerprint density at radius 1 is 1.18 bits per heavy atom. The molecular formula is C26H34FN5O. The molecule has 0 saturated carbocycles. The van der Waals surface area contributed by atoms with Gasteiger partial charge in [-0.25, -0.2) is 4.39 Å². The summed E-state index contributed by atoms with van der Waals surface area (Å²) in [6.07, 6.45) is 9.44. The van der Waals surface area contributed by atoms with E-state index in [1.165, 1.54) is 6.07 Å². The Morgan fingerprint density at radius 2 is 1.97 bits per heavy atom. The molecule has 1 unspecified atom stereocenters. The third-order valence-electron chi connectivity index (χ3n) is 6.97. The molecule has 3 aliphatic rings. The molecule has 7 heteroatoms. The molecule has 0 radical (unpaired) electrons. The molecule has 2 aliphatic heterocycles. The van der Waals surface area contributed by atoms with Gasteiger partial charge < -0.3 is 10.2 Å². The number of amidine groups is 2. The number of rotatable bonds is 4. The lowest BCUT2D eigenvalue weighted by Crippen LogP contribution is -2.48. The molecule has 33 heavy (non-hydrogen) atoms. The lowest BCUT2D eigenvalue weighted by atomic mass is 9.86. The van der Waals surface area contributed by atoms with Crippen LogP contribution in [0.15, 0.2) is 35.9 Å². The van der Waals surface area contributed by atoms with E-state index in [2.05, 4.69) is 24.1 Å². The van der Waals surface area contributed by atoms with Gasteiger partial charge in [0.1, 0.15) is 17.5 Å². The quantitative estimate of drug-likeness (QED) is 0.468. The molecule has 0 bridgehead atoms. The first-order chi connectivity index (χ1) is 15.7. The van der Waals surface area contributed by atoms with Crippen molar-refractivity contribution >= 4 is 17.6 Å². The Labute approximate surface area is 195 Å². The molecule has 3 N–H and O–H groups in total. The van der Waals surface area contributed by atoms with Gasteiger partial charge in [-0.2, -0.15) is 0 Å². The first-order valence-electron chi connectivity index (χ1n) is 11.9. The minimum atomic E-state index is -0.738. The van der Waals surface area contributed by atoms with Gasteiger partial charge in [0, 0.05) is 38.5 Å². The number of halogens is 1. The smallest absolute Gasteiger partial charge is 0.254 e. The first-order valence-corrected chi connectivity index (χ1v) is 11.9. The average molecular weight is 452 g/mol. The fourth-order valence-electron chi connectivity index (χ4n) is 4.93. The van der Waals surface area contributed by atoms with Gasteiger partial charge in [0.25, 0.3) is 5.91 Å². The largest absolute Gasteiger partial charge is 0.343 e. The summed E-state index contributed by atoms with van der Waals surface area (Å²) in [5, 5.41) is 19.8. The molecule has 1 atom stereocenters. The Hall–Kier alpha value is -2.80. The van der Waals surface area contributed by atoms with Gasteiger partial charge in [-0.05, 0) is 68.9 Å². The number of piperidine rings is 1. The fraction of sp³-hybridized carbons (Fsp3) is 0.500. The van der Waals surface area contributed by atoms with E-state index in [9.17, 15) is 9.18 Å². The number of nitrogens with one attached hydrogen (secondary N) is 3. The molecule has 176 valence electrons. The van der Waals surface area contributed by atoms with E-state index < -0.39 is 17.3 Å². The molecular weight excluding hydrogens is 417 g/mol. The molecule has 2 heterocycles. The number of carbonyl (C=O) groups is 1. The topological polar surface area (TPSA) is 83.3 Å². The van der Waals surface area contributed by atoms with Gasteiger partial charge in [-0.15, -0.1) is 0 Å². The zero-order chi connectivity index (χ0) is 23.8. The number of amides is 1. The van der Waals surface area contributed by atoms with E-state index in [0.29, 0.717) is 37.1 Å². The van der Waals surface area contributed by atoms with Crippen LogP contribution in [0, 0.1) is 16.6 Å². The zero-order valence-electron chi connectivity index (χ0n) is 19.8. The van der Waals surface area contributed by atoms with E-state index in [-0.39, 0.29) is 5.56 Å². The van der Waals surface area contributed by atoms with E-state index in [1.54, 1.807) is 11.0 Å². The maximum Gasteiger partial charge on any atom is 0.254 e. The van der Waals surface area contributed by atoms with Crippen LogP contribution < -0.4 is 5.32 Å². The summed E-state index contributed by atoms with van der Waals surface area (Å²) in [5.74, 6) is -0.141. The standard InChI is InChI=1S/C26H34FN5O/c1-17(2)31-12-9-18-14-22(27)21(13-20(18)16-31)25(33)30-26(3)10-6-7-19(15-26)24(29)32-11-5-4-8-23(32)28/h6-7,10,13-14,17,28-29H,4-5,8-9,11-12,15-16H2,1-3H3,(H,30,33). The van der Waals surface area contributed by atoms with Gasteiger partial charge >= 0.3 is 0 Å². The first kappa shape index (κ1) is 23.4. The summed E-state index contributed by atoms with van der Waals surface area (Å²) in [4.78, 5) is 17.2. The van der Waals surface area contributed by atoms with E-state index in [4.69, 9.17) is 10.8 Å². The second-order valence-corrected chi connectivity index (χ2v) is 9.92. The number of likely N-dealkylation sites (tertiary alicyclic amines) is 1. The highest BCUT2D eigenvalue weighted by Crippen LogP contribution is 2.28. The number of carbonyl (C=O) groups excluding carboxylic acids is 1. The van der Waals surface area contributed by atoms with Crippen molar-refractivity contribution in [1.29, 1.82) is 10.8 Å². The number of nitrogens with zero attached hydrogens (tertiary/aromatic N) is 2. The zero-order valence-corrected chi connectivity index (χ0v) is 19.8. The SMILES string of the molecule is CC(C)N1CCc2cc(F)c(C(=O)NC3(C)C=CC=C(C(=N)N4CCCCC4=N)C3)cc2C1. The van der Waals surface area contributed by atoms with Crippen LogP contribution in [0.1, 0.15) is 67.9 Å². The number of allylic oxidation sites excluding steroid dienone is 2. The molecule has 1 aliphatic carbocycles. The average Bonchev–Trinajstić information content (AvgIpc) is 2.77. The predicted octanol–water partition coefficient (Wildman–Crippen LogP) is 4.41. The molecule has 1 saturated heterocycles. The van der Waals surface area contributed by atoms with Crippen molar-refractivity contribution in [2.75, 3.05) is 13.1 Å². The molecule has 6 nitrogen and oxygen atoms in total. The van der Waals surface area contributed by atoms with Crippen LogP contribution in [-0.2, 0) is 13.0 Å². The van der Waals surface area contributed by atoms with Crippen molar-refractivity contribution < 1.29 is 9.18 Å². The lowest BCUT2D eigenvalue weighted by Gasteiger charge is -2.35. The summed E-state index contributed by atoms with van der Waals surface area (Å²) < 4.78 is 14.9. The summed E-state index contributed by atoms with van der Waals surface area (Å²) >= 11 is 0. The fourth-order valence-corrected chi connectivity index (χ4v) is 4.93. The van der Waals surface area contributed by atoms with Crippen molar-refractivity contribution in [2.24, 2.45) is 0 Å². The minimum absolute atomic E-state index is 0.0676. The molecule has 0 aromatic heterocycles. The second kappa shape index (κ2) is 9.21. The lowest BCUT2D eigenvalue weighted by molar-refractivity contribution is 0.0917. The maximum atomic E-state index is 14.9. The van der Waals surface area contributed by atoms with Crippen LogP contribution in [0.3, 0.4) is 0 Å². The van der Waals surface area contributed by atoms with Gasteiger partial charge in [0.2, 0.25) is 0 Å². The van der Waals surface area contributed by atoms with Crippen LogP contribution in [-0.4, -0.2) is 52.0 Å². The van der Waals surface area contributed by atoms with Gasteiger partial charge in [0.15, 0.2) is 0 Å². The van der Waals surface area contributed by atoms with E-state index in [0.717, 1.165) is 49.1 Å². The third-order valence-corrected chi connectivity index (χ3v) is 6.97. The van der Waals surface area contributed by atoms with Crippen LogP contribution in [0.2, 0.25) is 0 Å². The predicted molar refractivity (Wildman–Crippen MR) is 129 cm³/mol. The summed E-state index contributed by atoms with van der Waals surface area (Å²) in [6.45, 7) is 8.47. The van der Waals surface area contributed by atoms with Crippen molar-refractivity contribution in [1.82, 2.24) is 15.1 Å². The third kappa shape index (κ3) is 4.93. The van der Waals surface area contributed by atoms with E-state index >= 15 is 0 Å². The highest BCUT2D eigenvalue weighted by atomic mass is 19.1. The number of hydrogen-bond donors (Lipinski definition) is 3. The molecule has 1 aromatic carbocycles. The van der Waals surface area contributed by atoms with Crippen LogP contribution in [0.5, 0.6) is 0 Å². The Morgan fingerprint density at radius 3 is 2.70 bits per heavy atom. The van der Waals surface area contributed by atoms with Gasteiger partial charge in [-0.3, -0.25) is 20.5 Å². The molecule has 1 aromatic rings. The Kier molecular flexibility index (Phi) is 6.52. The second-order valence-electron chi connectivity index (χ2n) is 9.92. The summed E-state index contributed by atoms with van der Waals surface area (Å²) in [6, 6.07) is 3.62. The van der Waals surface area contributed by atoms with Gasteiger partial charge in [0.05, 0.1) is 11.1 Å². The number of hydrogen-bond acceptors (Lipinski definition) is 4. The molecule has 4 rings (SSSR count). The molecule has 1 fully saturated rings. The highest BCUT2D eigenvalue weighted by Gasteiger charge is 2.32. The molecule has 0 spiro atoms. The van der Waals surface area contributed by atoms with Crippen molar-refractivity contribution in [2.45, 2.75) is 71.0 Å². The summed E-state index contributed by atoms with van der Waals surface area (Å²) in [5.41, 5.74) is 2.09. The number of fused-ring (bicyclic) bond motifs is 1. The Bertz CT molecular complexity index is 1040. The normalized spacial score (nSPS) is 23.4. The van der Waals surface area contributed by atoms with Crippen molar-refractivity contribution in [3.63, 3.8) is 0 Å².